The van der Waals surface area contributed by atoms with Crippen molar-refractivity contribution in [2.75, 3.05) is 21.3 Å². The summed E-state index contributed by atoms with van der Waals surface area (Å²) in [5, 5.41) is 3.29. The van der Waals surface area contributed by atoms with Gasteiger partial charge in [-0.15, -0.1) is 0 Å². The summed E-state index contributed by atoms with van der Waals surface area (Å²) in [5.41, 5.74) is 7.30. The second-order valence-electron chi connectivity index (χ2n) is 4.57. The topological polar surface area (TPSA) is 56.5 Å². The van der Waals surface area contributed by atoms with Gasteiger partial charge in [0.1, 0.15) is 0 Å². The quantitative estimate of drug-likeness (QED) is 0.812. The molecule has 0 spiro atoms. The number of methoxy groups -OCH3 is 2. The summed E-state index contributed by atoms with van der Waals surface area (Å²) >= 11 is 0. The Hall–Kier alpha value is -1.26. The van der Waals surface area contributed by atoms with E-state index in [2.05, 4.69) is 5.32 Å². The molecule has 0 aliphatic heterocycles. The highest BCUT2D eigenvalue weighted by atomic mass is 16.5. The molecule has 0 amide bonds. The molecule has 0 radical (unpaired) electrons. The van der Waals surface area contributed by atoms with E-state index in [1.807, 2.05) is 25.2 Å². The third kappa shape index (κ3) is 2.23. The van der Waals surface area contributed by atoms with Crippen molar-refractivity contribution in [3.63, 3.8) is 0 Å². The molecule has 17 heavy (non-hydrogen) atoms. The molecule has 1 aromatic carbocycles. The van der Waals surface area contributed by atoms with Crippen LogP contribution in [0.25, 0.3) is 0 Å². The summed E-state index contributed by atoms with van der Waals surface area (Å²) in [6.45, 7) is 0. The molecule has 1 aliphatic carbocycles. The number of nitrogens with two attached hydrogens (primary N) is 1. The number of nitrogens with one attached hydrogen (secondary N) is 1. The molecule has 1 aliphatic rings. The van der Waals surface area contributed by atoms with Gasteiger partial charge in [-0.2, -0.15) is 0 Å². The Bertz CT molecular complexity index is 402. The second kappa shape index (κ2) is 4.55. The van der Waals surface area contributed by atoms with Crippen LogP contribution in [-0.4, -0.2) is 26.8 Å². The first-order valence-electron chi connectivity index (χ1n) is 5.82. The van der Waals surface area contributed by atoms with Crippen LogP contribution >= 0.6 is 0 Å². The minimum absolute atomic E-state index is 0.103. The van der Waals surface area contributed by atoms with Gasteiger partial charge in [0.05, 0.1) is 20.3 Å². The largest absolute Gasteiger partial charge is 0.493 e. The van der Waals surface area contributed by atoms with Gasteiger partial charge in [0, 0.05) is 5.54 Å². The molecule has 0 aromatic heterocycles. The molecular weight excluding hydrogens is 216 g/mol. The van der Waals surface area contributed by atoms with Crippen molar-refractivity contribution in [1.29, 1.82) is 0 Å². The van der Waals surface area contributed by atoms with Gasteiger partial charge in [-0.1, -0.05) is 6.07 Å². The van der Waals surface area contributed by atoms with Gasteiger partial charge in [0.15, 0.2) is 11.5 Å². The van der Waals surface area contributed by atoms with Crippen molar-refractivity contribution in [3.8, 4) is 11.5 Å². The SMILES string of the molecule is CNC(c1ccc(OC)c(OC)c1)C1(N)CC1. The lowest BCUT2D eigenvalue weighted by Crippen LogP contribution is -2.38. The van der Waals surface area contributed by atoms with E-state index in [0.717, 1.165) is 29.9 Å². The molecule has 1 atom stereocenters. The van der Waals surface area contributed by atoms with Gasteiger partial charge in [-0.3, -0.25) is 0 Å². The monoisotopic (exact) mass is 236 g/mol. The third-order valence-corrected chi connectivity index (χ3v) is 3.43. The van der Waals surface area contributed by atoms with E-state index in [-0.39, 0.29) is 11.6 Å². The Morgan fingerprint density at radius 3 is 2.35 bits per heavy atom. The third-order valence-electron chi connectivity index (χ3n) is 3.43. The zero-order chi connectivity index (χ0) is 12.5. The first-order chi connectivity index (χ1) is 8.14. The summed E-state index contributed by atoms with van der Waals surface area (Å²) in [7, 11) is 5.22. The number of benzene rings is 1. The predicted molar refractivity (Wildman–Crippen MR) is 67.5 cm³/mol. The van der Waals surface area contributed by atoms with E-state index in [0.29, 0.717) is 0 Å². The maximum Gasteiger partial charge on any atom is 0.161 e. The minimum Gasteiger partial charge on any atom is -0.493 e. The molecule has 1 saturated carbocycles. The zero-order valence-electron chi connectivity index (χ0n) is 10.6. The first-order valence-corrected chi connectivity index (χ1v) is 5.82. The average molecular weight is 236 g/mol. The smallest absolute Gasteiger partial charge is 0.161 e. The summed E-state index contributed by atoms with van der Waals surface area (Å²) in [4.78, 5) is 0. The number of hydrogen-bond donors (Lipinski definition) is 2. The summed E-state index contributed by atoms with van der Waals surface area (Å²) in [6.07, 6.45) is 2.12. The average Bonchev–Trinajstić information content (AvgIpc) is 3.08. The van der Waals surface area contributed by atoms with E-state index < -0.39 is 0 Å². The van der Waals surface area contributed by atoms with Gasteiger partial charge in [0.25, 0.3) is 0 Å². The standard InChI is InChI=1S/C13H20N2O2/c1-15-12(13(14)6-7-13)9-4-5-10(16-2)11(8-9)17-3/h4-5,8,12,15H,6-7,14H2,1-3H3. The van der Waals surface area contributed by atoms with Crippen molar-refractivity contribution in [2.45, 2.75) is 24.4 Å². The van der Waals surface area contributed by atoms with Gasteiger partial charge in [0.2, 0.25) is 0 Å². The van der Waals surface area contributed by atoms with Crippen LogP contribution < -0.4 is 20.5 Å². The van der Waals surface area contributed by atoms with Gasteiger partial charge in [-0.25, -0.2) is 0 Å². The first kappa shape index (κ1) is 12.2. The summed E-state index contributed by atoms with van der Waals surface area (Å²) in [6, 6.07) is 6.12. The zero-order valence-corrected chi connectivity index (χ0v) is 10.6. The van der Waals surface area contributed by atoms with Gasteiger partial charge < -0.3 is 20.5 Å². The fourth-order valence-electron chi connectivity index (χ4n) is 2.25. The molecule has 1 unspecified atom stereocenters. The van der Waals surface area contributed by atoms with Crippen molar-refractivity contribution in [3.05, 3.63) is 23.8 Å². The van der Waals surface area contributed by atoms with Crippen molar-refractivity contribution in [1.82, 2.24) is 5.32 Å². The fourth-order valence-corrected chi connectivity index (χ4v) is 2.25. The Balaban J connectivity index is 2.31. The van der Waals surface area contributed by atoms with Crippen LogP contribution in [0.2, 0.25) is 0 Å². The highest BCUT2D eigenvalue weighted by Gasteiger charge is 2.45. The molecule has 94 valence electrons. The Morgan fingerprint density at radius 2 is 1.88 bits per heavy atom. The lowest BCUT2D eigenvalue weighted by Gasteiger charge is -2.24. The lowest BCUT2D eigenvalue weighted by molar-refractivity contribution is 0.353. The van der Waals surface area contributed by atoms with Crippen molar-refractivity contribution < 1.29 is 9.47 Å². The molecule has 3 N–H and O–H groups in total. The molecule has 2 rings (SSSR count). The number of rotatable bonds is 5. The van der Waals surface area contributed by atoms with Crippen molar-refractivity contribution in [2.24, 2.45) is 5.73 Å². The molecule has 0 heterocycles. The molecule has 4 nitrogen and oxygen atoms in total. The molecule has 4 heteroatoms. The number of likely N-dealkylation sites (N-methyl/N-ethyl adjacent to an activating group) is 1. The predicted octanol–water partition coefficient (Wildman–Crippen LogP) is 1.46. The molecule has 0 bridgehead atoms. The maximum atomic E-state index is 6.26. The van der Waals surface area contributed by atoms with Crippen LogP contribution in [0.4, 0.5) is 0 Å². The Kier molecular flexibility index (Phi) is 3.26. The van der Waals surface area contributed by atoms with E-state index >= 15 is 0 Å². The number of ether oxygens (including phenoxy) is 2. The minimum atomic E-state index is -0.103. The highest BCUT2D eigenvalue weighted by molar-refractivity contribution is 5.45. The highest BCUT2D eigenvalue weighted by Crippen LogP contribution is 2.44. The maximum absolute atomic E-state index is 6.26. The Labute approximate surface area is 102 Å². The van der Waals surface area contributed by atoms with Crippen molar-refractivity contribution >= 4 is 0 Å². The van der Waals surface area contributed by atoms with E-state index in [4.69, 9.17) is 15.2 Å². The van der Waals surface area contributed by atoms with Crippen LogP contribution in [0.15, 0.2) is 18.2 Å². The van der Waals surface area contributed by atoms with Crippen LogP contribution in [0.1, 0.15) is 24.4 Å². The van der Waals surface area contributed by atoms with Crippen LogP contribution in [-0.2, 0) is 0 Å². The lowest BCUT2D eigenvalue weighted by atomic mass is 9.97. The molecule has 1 fully saturated rings. The fraction of sp³-hybridized carbons (Fsp3) is 0.538. The van der Waals surface area contributed by atoms with Gasteiger partial charge >= 0.3 is 0 Å². The summed E-state index contributed by atoms with van der Waals surface area (Å²) in [5.74, 6) is 1.49. The number of hydrogen-bond acceptors (Lipinski definition) is 4. The molecule has 1 aromatic rings. The van der Waals surface area contributed by atoms with Gasteiger partial charge in [-0.05, 0) is 37.6 Å². The normalized spacial score (nSPS) is 18.6. The van der Waals surface area contributed by atoms with E-state index in [9.17, 15) is 0 Å². The second-order valence-corrected chi connectivity index (χ2v) is 4.57. The summed E-state index contributed by atoms with van der Waals surface area (Å²) < 4.78 is 10.5. The van der Waals surface area contributed by atoms with Crippen LogP contribution in [0, 0.1) is 0 Å². The van der Waals surface area contributed by atoms with Crippen LogP contribution in [0.5, 0.6) is 11.5 Å². The van der Waals surface area contributed by atoms with E-state index in [1.165, 1.54) is 0 Å². The Morgan fingerprint density at radius 1 is 1.24 bits per heavy atom. The molecular formula is C13H20N2O2. The molecule has 0 saturated heterocycles. The van der Waals surface area contributed by atoms with Crippen LogP contribution in [0.3, 0.4) is 0 Å². The van der Waals surface area contributed by atoms with E-state index in [1.54, 1.807) is 14.2 Å².